The van der Waals surface area contributed by atoms with E-state index >= 15 is 0 Å². The van der Waals surface area contributed by atoms with Crippen LogP contribution in [0.4, 0.5) is 5.82 Å². The number of alkyl halides is 1. The third kappa shape index (κ3) is 5.74. The van der Waals surface area contributed by atoms with Crippen molar-refractivity contribution in [2.45, 2.75) is 51.4 Å². The fourth-order valence-electron chi connectivity index (χ4n) is 2.22. The first kappa shape index (κ1) is 19.8. The van der Waals surface area contributed by atoms with E-state index in [4.69, 9.17) is 11.6 Å². The third-order valence-electron chi connectivity index (χ3n) is 3.30. The number of halogens is 1. The zero-order valence-corrected chi connectivity index (χ0v) is 16.5. The molecule has 2 heterocycles. The maximum absolute atomic E-state index is 11.5. The molecular weight excluding hydrogens is 360 g/mol. The molecule has 2 aromatic heterocycles. The van der Waals surface area contributed by atoms with Crippen LogP contribution in [0.2, 0.25) is 0 Å². The van der Waals surface area contributed by atoms with Gasteiger partial charge >= 0.3 is 0 Å². The van der Waals surface area contributed by atoms with Gasteiger partial charge in [-0.25, -0.2) is 14.6 Å². The molecule has 138 valence electrons. The van der Waals surface area contributed by atoms with Gasteiger partial charge in [-0.2, -0.15) is 5.10 Å². The molecule has 0 atom stereocenters. The second-order valence-corrected chi connectivity index (χ2v) is 7.34. The Morgan fingerprint density at radius 1 is 1.40 bits per heavy atom. The molecule has 7 nitrogen and oxygen atoms in total. The van der Waals surface area contributed by atoms with Gasteiger partial charge in [-0.15, -0.1) is 11.6 Å². The monoisotopic (exact) mass is 384 g/mol. The molecule has 0 fully saturated rings. The lowest BCUT2D eigenvalue weighted by atomic mass is 10.3. The summed E-state index contributed by atoms with van der Waals surface area (Å²) in [5.74, 6) is 2.04. The molecule has 0 aliphatic rings. The Kier molecular flexibility index (Phi) is 7.77. The Hall–Kier alpha value is -1.54. The Morgan fingerprint density at radius 2 is 2.20 bits per heavy atom. The molecule has 0 saturated carbocycles. The lowest BCUT2D eigenvalue weighted by Gasteiger charge is -2.12. The van der Waals surface area contributed by atoms with Gasteiger partial charge in [-0.1, -0.05) is 18.7 Å². The molecule has 0 aliphatic heterocycles. The van der Waals surface area contributed by atoms with Crippen LogP contribution in [-0.2, 0) is 11.3 Å². The highest BCUT2D eigenvalue weighted by molar-refractivity contribution is 7.99. The topological polar surface area (TPSA) is 84.7 Å². The normalized spacial score (nSPS) is 11.2. The highest BCUT2D eigenvalue weighted by atomic mass is 35.5. The van der Waals surface area contributed by atoms with Crippen molar-refractivity contribution in [2.75, 3.05) is 23.5 Å². The van der Waals surface area contributed by atoms with Crippen molar-refractivity contribution in [3.63, 3.8) is 0 Å². The van der Waals surface area contributed by atoms with Crippen molar-refractivity contribution in [1.82, 2.24) is 25.1 Å². The van der Waals surface area contributed by atoms with Crippen LogP contribution in [0.15, 0.2) is 11.4 Å². The molecule has 9 heteroatoms. The number of hydrogen-bond acceptors (Lipinski definition) is 6. The number of aromatic nitrogens is 4. The second-order valence-electron chi connectivity index (χ2n) is 5.90. The van der Waals surface area contributed by atoms with Crippen LogP contribution in [0, 0.1) is 0 Å². The number of anilines is 1. The third-order valence-corrected chi connectivity index (χ3v) is 4.55. The summed E-state index contributed by atoms with van der Waals surface area (Å²) in [6.45, 7) is 7.31. The molecule has 2 rings (SSSR count). The van der Waals surface area contributed by atoms with Crippen molar-refractivity contribution in [3.05, 3.63) is 6.20 Å². The molecule has 0 saturated heterocycles. The number of carbonyl (C=O) groups excluding carboxylic acids is 1. The van der Waals surface area contributed by atoms with Gasteiger partial charge in [-0.05, 0) is 20.3 Å². The van der Waals surface area contributed by atoms with Crippen LogP contribution in [-0.4, -0.2) is 49.9 Å². The van der Waals surface area contributed by atoms with Crippen LogP contribution in [0.25, 0.3) is 11.0 Å². The summed E-state index contributed by atoms with van der Waals surface area (Å²) in [4.78, 5) is 20.8. The lowest BCUT2D eigenvalue weighted by Crippen LogP contribution is -2.27. The molecule has 2 N–H and O–H groups in total. The second kappa shape index (κ2) is 9.82. The van der Waals surface area contributed by atoms with Crippen LogP contribution in [0.5, 0.6) is 0 Å². The molecule has 25 heavy (non-hydrogen) atoms. The zero-order chi connectivity index (χ0) is 18.2. The fourth-order valence-corrected chi connectivity index (χ4v) is 3.08. The molecule has 0 bridgehead atoms. The van der Waals surface area contributed by atoms with Gasteiger partial charge in [0, 0.05) is 30.6 Å². The molecule has 0 radical (unpaired) electrons. The summed E-state index contributed by atoms with van der Waals surface area (Å²) < 4.78 is 1.81. The minimum Gasteiger partial charge on any atom is -0.367 e. The Labute approximate surface area is 157 Å². The van der Waals surface area contributed by atoms with Gasteiger partial charge in [0.25, 0.3) is 0 Å². The molecule has 2 aromatic rings. The van der Waals surface area contributed by atoms with Gasteiger partial charge in [0.2, 0.25) is 5.91 Å². The van der Waals surface area contributed by atoms with Crippen molar-refractivity contribution < 1.29 is 4.79 Å². The van der Waals surface area contributed by atoms with Gasteiger partial charge in [0.05, 0.1) is 18.1 Å². The molecule has 0 aliphatic carbocycles. The van der Waals surface area contributed by atoms with Crippen molar-refractivity contribution >= 4 is 46.1 Å². The van der Waals surface area contributed by atoms with Gasteiger partial charge in [-0.3, -0.25) is 4.79 Å². The summed E-state index contributed by atoms with van der Waals surface area (Å²) in [5.41, 5.74) is 0.781. The first-order chi connectivity index (χ1) is 12.0. The van der Waals surface area contributed by atoms with E-state index < -0.39 is 0 Å². The fraction of sp³-hybridized carbons (Fsp3) is 0.625. The lowest BCUT2D eigenvalue weighted by molar-refractivity contribution is -0.120. The number of carbonyl (C=O) groups is 1. The van der Waals surface area contributed by atoms with Crippen LogP contribution < -0.4 is 10.6 Å². The highest BCUT2D eigenvalue weighted by Gasteiger charge is 2.14. The molecule has 1 amide bonds. The predicted molar refractivity (Wildman–Crippen MR) is 103 cm³/mol. The number of rotatable bonds is 10. The van der Waals surface area contributed by atoms with E-state index in [0.29, 0.717) is 25.4 Å². The van der Waals surface area contributed by atoms with E-state index in [9.17, 15) is 4.79 Å². The summed E-state index contributed by atoms with van der Waals surface area (Å²) in [6, 6.07) is 0.264. The zero-order valence-electron chi connectivity index (χ0n) is 14.9. The van der Waals surface area contributed by atoms with E-state index in [1.165, 1.54) is 0 Å². The Balaban J connectivity index is 2.21. The van der Waals surface area contributed by atoms with Gasteiger partial charge < -0.3 is 10.6 Å². The van der Waals surface area contributed by atoms with Crippen molar-refractivity contribution in [3.8, 4) is 0 Å². The summed E-state index contributed by atoms with van der Waals surface area (Å²) in [7, 11) is 0. The number of thioether (sulfide) groups is 1. The average Bonchev–Trinajstić information content (AvgIpc) is 2.96. The van der Waals surface area contributed by atoms with Crippen LogP contribution >= 0.6 is 23.4 Å². The molecule has 0 spiro atoms. The minimum absolute atomic E-state index is 0.0533. The van der Waals surface area contributed by atoms with Crippen molar-refractivity contribution in [2.24, 2.45) is 0 Å². The van der Waals surface area contributed by atoms with Gasteiger partial charge in [0.15, 0.2) is 10.8 Å². The summed E-state index contributed by atoms with van der Waals surface area (Å²) in [6.07, 6.45) is 3.16. The van der Waals surface area contributed by atoms with Gasteiger partial charge in [0.1, 0.15) is 5.82 Å². The smallest absolute Gasteiger partial charge is 0.221 e. The average molecular weight is 385 g/mol. The van der Waals surface area contributed by atoms with Crippen LogP contribution in [0.3, 0.4) is 0 Å². The molecule has 0 aromatic carbocycles. The van der Waals surface area contributed by atoms with E-state index in [-0.39, 0.29) is 11.9 Å². The van der Waals surface area contributed by atoms with E-state index in [1.807, 2.05) is 0 Å². The minimum atomic E-state index is -0.0533. The number of fused-ring (bicyclic) bond motifs is 1. The Bertz CT molecular complexity index is 705. The SMILES string of the molecule is CCCSc1nc(NC(C)C)c2cnn(CCNC(=O)CCCl)c2n1. The van der Waals surface area contributed by atoms with E-state index in [2.05, 4.69) is 46.5 Å². The Morgan fingerprint density at radius 3 is 2.88 bits per heavy atom. The summed E-state index contributed by atoms with van der Waals surface area (Å²) in [5, 5.41) is 12.2. The molecule has 0 unspecified atom stereocenters. The van der Waals surface area contributed by atoms with E-state index in [0.717, 1.165) is 34.2 Å². The highest BCUT2D eigenvalue weighted by Crippen LogP contribution is 2.25. The number of amides is 1. The molecular formula is C16H25ClN6OS. The first-order valence-corrected chi connectivity index (χ1v) is 10.0. The van der Waals surface area contributed by atoms with Crippen molar-refractivity contribution in [1.29, 1.82) is 0 Å². The first-order valence-electron chi connectivity index (χ1n) is 8.50. The number of hydrogen-bond donors (Lipinski definition) is 2. The number of nitrogens with zero attached hydrogens (tertiary/aromatic N) is 4. The standard InChI is InChI=1S/C16H25ClN6OS/c1-4-9-25-16-21-14(20-11(2)3)12-10-19-23(15(12)22-16)8-7-18-13(24)5-6-17/h10-11H,4-9H2,1-3H3,(H,18,24)(H,20,21,22). The van der Waals surface area contributed by atoms with Crippen LogP contribution in [0.1, 0.15) is 33.6 Å². The maximum atomic E-state index is 11.5. The quantitative estimate of drug-likeness (QED) is 0.372. The predicted octanol–water partition coefficient (Wildman–Crippen LogP) is 2.89. The largest absolute Gasteiger partial charge is 0.367 e. The number of nitrogens with one attached hydrogen (secondary N) is 2. The maximum Gasteiger partial charge on any atom is 0.221 e. The van der Waals surface area contributed by atoms with E-state index in [1.54, 1.807) is 22.6 Å². The summed E-state index contributed by atoms with van der Waals surface area (Å²) >= 11 is 7.20.